The summed E-state index contributed by atoms with van der Waals surface area (Å²) in [4.78, 5) is 8.54. The van der Waals surface area contributed by atoms with Crippen molar-refractivity contribution in [3.8, 4) is 0 Å². The quantitative estimate of drug-likeness (QED) is 0.635. The summed E-state index contributed by atoms with van der Waals surface area (Å²) < 4.78 is 54.3. The molecule has 0 aliphatic carbocycles. The van der Waals surface area contributed by atoms with Crippen LogP contribution >= 0.6 is 0 Å². The molecule has 0 radical (unpaired) electrons. The first-order chi connectivity index (χ1) is 14.7. The normalized spacial score (nSPS) is 17.1. The van der Waals surface area contributed by atoms with E-state index in [1.165, 1.54) is 28.6 Å². The Hall–Kier alpha value is -2.91. The maximum absolute atomic E-state index is 13.9. The smallest absolute Gasteiger partial charge is 0.243 e. The lowest BCUT2D eigenvalue weighted by atomic mass is 10.0. The lowest BCUT2D eigenvalue weighted by Gasteiger charge is -2.17. The summed E-state index contributed by atoms with van der Waals surface area (Å²) in [5, 5.41) is 3.12. The second kappa shape index (κ2) is 8.32. The molecule has 0 unspecified atom stereocenters. The minimum Gasteiger partial charge on any atom is -0.340 e. The van der Waals surface area contributed by atoms with Gasteiger partial charge in [-0.05, 0) is 62.2 Å². The van der Waals surface area contributed by atoms with Crippen LogP contribution in [0.1, 0.15) is 29.3 Å². The number of hydrogen-bond acceptors (Lipinski definition) is 5. The van der Waals surface area contributed by atoms with E-state index < -0.39 is 21.7 Å². The van der Waals surface area contributed by atoms with Crippen molar-refractivity contribution in [1.29, 1.82) is 0 Å². The van der Waals surface area contributed by atoms with E-state index in [0.29, 0.717) is 24.3 Å². The molecule has 31 heavy (non-hydrogen) atoms. The first kappa shape index (κ1) is 21.3. The van der Waals surface area contributed by atoms with E-state index in [2.05, 4.69) is 15.3 Å². The molecule has 1 saturated heterocycles. The van der Waals surface area contributed by atoms with E-state index in [4.69, 9.17) is 0 Å². The Kier molecular flexibility index (Phi) is 5.72. The zero-order chi connectivity index (χ0) is 22.2. The van der Waals surface area contributed by atoms with Crippen LogP contribution in [0.25, 0.3) is 0 Å². The Morgan fingerprint density at radius 1 is 1.10 bits per heavy atom. The van der Waals surface area contributed by atoms with Gasteiger partial charge in [0.05, 0.1) is 11.1 Å². The molecule has 3 aromatic rings. The number of anilines is 2. The van der Waals surface area contributed by atoms with Crippen LogP contribution in [-0.4, -0.2) is 35.8 Å². The molecule has 1 atom stereocenters. The van der Waals surface area contributed by atoms with E-state index in [9.17, 15) is 17.2 Å². The molecular weight excluding hydrogens is 422 g/mol. The molecule has 3 heterocycles. The van der Waals surface area contributed by atoms with E-state index >= 15 is 0 Å². The Labute approximate surface area is 180 Å². The Morgan fingerprint density at radius 3 is 2.61 bits per heavy atom. The van der Waals surface area contributed by atoms with E-state index in [1.807, 2.05) is 19.1 Å². The van der Waals surface area contributed by atoms with Gasteiger partial charge in [-0.3, -0.25) is 4.98 Å². The summed E-state index contributed by atoms with van der Waals surface area (Å²) in [6.45, 7) is 4.04. The van der Waals surface area contributed by atoms with Crippen LogP contribution < -0.4 is 5.32 Å². The van der Waals surface area contributed by atoms with Gasteiger partial charge >= 0.3 is 0 Å². The van der Waals surface area contributed by atoms with Gasteiger partial charge in [0.1, 0.15) is 17.5 Å². The fourth-order valence-electron chi connectivity index (χ4n) is 3.64. The topological polar surface area (TPSA) is 75.2 Å². The van der Waals surface area contributed by atoms with Crippen LogP contribution in [0.4, 0.5) is 20.3 Å². The third kappa shape index (κ3) is 4.57. The van der Waals surface area contributed by atoms with E-state index in [-0.39, 0.29) is 17.4 Å². The number of aryl methyl sites for hydroxylation is 2. The van der Waals surface area contributed by atoms with Crippen molar-refractivity contribution >= 4 is 21.5 Å². The number of aromatic nitrogens is 2. The summed E-state index contributed by atoms with van der Waals surface area (Å²) in [6.07, 6.45) is 1.74. The van der Waals surface area contributed by atoms with Gasteiger partial charge < -0.3 is 5.32 Å². The molecule has 1 aliphatic heterocycles. The summed E-state index contributed by atoms with van der Waals surface area (Å²) >= 11 is 0. The van der Waals surface area contributed by atoms with Crippen LogP contribution in [0.2, 0.25) is 0 Å². The molecule has 4 rings (SSSR count). The lowest BCUT2D eigenvalue weighted by molar-refractivity contribution is 0.471. The highest BCUT2D eigenvalue weighted by Gasteiger charge is 2.34. The van der Waals surface area contributed by atoms with Crippen molar-refractivity contribution in [2.75, 3.05) is 18.4 Å². The second-order valence-corrected chi connectivity index (χ2v) is 9.61. The Morgan fingerprint density at radius 2 is 1.90 bits per heavy atom. The molecule has 1 aromatic carbocycles. The van der Waals surface area contributed by atoms with Gasteiger partial charge in [0, 0.05) is 36.1 Å². The van der Waals surface area contributed by atoms with Gasteiger partial charge in [-0.25, -0.2) is 22.2 Å². The predicted molar refractivity (Wildman–Crippen MR) is 114 cm³/mol. The zero-order valence-electron chi connectivity index (χ0n) is 17.1. The fraction of sp³-hybridized carbons (Fsp3) is 0.273. The summed E-state index contributed by atoms with van der Waals surface area (Å²) in [7, 11) is -3.79. The molecule has 0 spiro atoms. The Bertz CT molecular complexity index is 1220. The number of halogens is 2. The molecule has 1 aliphatic rings. The third-order valence-corrected chi connectivity index (χ3v) is 7.18. The number of rotatable bonds is 5. The summed E-state index contributed by atoms with van der Waals surface area (Å²) in [5.41, 5.74) is 2.67. The largest absolute Gasteiger partial charge is 0.340 e. The van der Waals surface area contributed by atoms with E-state index in [1.54, 1.807) is 6.92 Å². The number of hydrogen-bond donors (Lipinski definition) is 1. The maximum atomic E-state index is 13.9. The van der Waals surface area contributed by atoms with E-state index in [0.717, 1.165) is 29.3 Å². The fourth-order valence-corrected chi connectivity index (χ4v) is 5.16. The van der Waals surface area contributed by atoms with Gasteiger partial charge in [0.15, 0.2) is 0 Å². The van der Waals surface area contributed by atoms with Gasteiger partial charge in [0.25, 0.3) is 0 Å². The molecule has 0 saturated carbocycles. The average Bonchev–Trinajstić information content (AvgIpc) is 3.22. The van der Waals surface area contributed by atoms with Crippen LogP contribution in [-0.2, 0) is 10.0 Å². The molecule has 0 bridgehead atoms. The van der Waals surface area contributed by atoms with Crippen LogP contribution in [0.15, 0.2) is 53.6 Å². The molecule has 1 fully saturated rings. The number of nitrogens with one attached hydrogen (secondary N) is 1. The molecule has 0 amide bonds. The number of nitrogens with zero attached hydrogens (tertiary/aromatic N) is 3. The predicted octanol–water partition coefficient (Wildman–Crippen LogP) is 4.29. The van der Waals surface area contributed by atoms with Gasteiger partial charge in [-0.15, -0.1) is 0 Å². The van der Waals surface area contributed by atoms with Crippen molar-refractivity contribution in [2.24, 2.45) is 0 Å². The SMILES string of the molecule is Cc1cc(Nc2ccc(F)cn2)cc([C@@H]2CCN(S(=O)(=O)c3ccc(C)c(F)c3)C2)n1. The lowest BCUT2D eigenvalue weighted by Crippen LogP contribution is -2.28. The molecule has 2 aromatic heterocycles. The molecule has 162 valence electrons. The van der Waals surface area contributed by atoms with Gasteiger partial charge in [-0.1, -0.05) is 6.07 Å². The molecular formula is C22H22F2N4O2S. The Balaban J connectivity index is 1.54. The monoisotopic (exact) mass is 444 g/mol. The molecule has 1 N–H and O–H groups in total. The van der Waals surface area contributed by atoms with Crippen LogP contribution in [0, 0.1) is 25.5 Å². The van der Waals surface area contributed by atoms with Crippen molar-refractivity contribution in [1.82, 2.24) is 14.3 Å². The number of benzene rings is 1. The summed E-state index contributed by atoms with van der Waals surface area (Å²) in [6, 6.07) is 10.5. The standard InChI is InChI=1S/C22H22F2N4O2S/c1-14-3-5-19(11-20(14)24)31(29,30)28-8-7-16(13-28)21-10-18(9-15(2)26-21)27-22-6-4-17(23)12-25-22/h3-6,9-12,16H,7-8,13H2,1-2H3,(H,25,26,27)/t16-/m1/s1. The highest BCUT2D eigenvalue weighted by Crippen LogP contribution is 2.32. The number of sulfonamides is 1. The third-order valence-electron chi connectivity index (χ3n) is 5.32. The van der Waals surface area contributed by atoms with Crippen molar-refractivity contribution in [2.45, 2.75) is 31.1 Å². The minimum atomic E-state index is -3.79. The minimum absolute atomic E-state index is 0.0433. The van der Waals surface area contributed by atoms with Crippen molar-refractivity contribution in [3.05, 3.63) is 77.2 Å². The van der Waals surface area contributed by atoms with Crippen LogP contribution in [0.5, 0.6) is 0 Å². The average molecular weight is 445 g/mol. The maximum Gasteiger partial charge on any atom is 0.243 e. The zero-order valence-corrected chi connectivity index (χ0v) is 18.0. The highest BCUT2D eigenvalue weighted by atomic mass is 32.2. The first-order valence-electron chi connectivity index (χ1n) is 9.86. The van der Waals surface area contributed by atoms with Gasteiger partial charge in [-0.2, -0.15) is 4.31 Å². The summed E-state index contributed by atoms with van der Waals surface area (Å²) in [5.74, 6) is -0.554. The van der Waals surface area contributed by atoms with Gasteiger partial charge in [0.2, 0.25) is 10.0 Å². The first-order valence-corrected chi connectivity index (χ1v) is 11.3. The molecule has 6 nitrogen and oxygen atoms in total. The van der Waals surface area contributed by atoms with Crippen molar-refractivity contribution < 1.29 is 17.2 Å². The van der Waals surface area contributed by atoms with Crippen LogP contribution in [0.3, 0.4) is 0 Å². The molecule has 9 heteroatoms. The van der Waals surface area contributed by atoms with Crippen molar-refractivity contribution in [3.63, 3.8) is 0 Å². The highest BCUT2D eigenvalue weighted by molar-refractivity contribution is 7.89. The second-order valence-electron chi connectivity index (χ2n) is 7.67. The number of pyridine rings is 2.